The molecule has 29 heavy (non-hydrogen) atoms. The van der Waals surface area contributed by atoms with Crippen LogP contribution >= 0.6 is 0 Å². The third-order valence-electron chi connectivity index (χ3n) is 4.88. The molecule has 0 unspecified atom stereocenters. The van der Waals surface area contributed by atoms with Crippen molar-refractivity contribution in [1.82, 2.24) is 5.32 Å². The number of carboxylic acids is 1. The topological polar surface area (TPSA) is 87.7 Å². The number of hydrogen-bond donors (Lipinski definition) is 1. The lowest BCUT2D eigenvalue weighted by Crippen LogP contribution is -2.55. The van der Waals surface area contributed by atoms with E-state index in [1.807, 2.05) is 69.3 Å². The van der Waals surface area contributed by atoms with Gasteiger partial charge in [0.25, 0.3) is 0 Å². The molecule has 0 saturated carbocycles. The highest BCUT2D eigenvalue weighted by molar-refractivity contribution is 5.80. The zero-order valence-electron chi connectivity index (χ0n) is 17.1. The number of ether oxygens (including phenoxy) is 2. The van der Waals surface area contributed by atoms with Crippen molar-refractivity contribution in [3.63, 3.8) is 0 Å². The largest absolute Gasteiger partial charge is 0.548 e. The quantitative estimate of drug-likeness (QED) is 0.811. The van der Waals surface area contributed by atoms with Gasteiger partial charge in [0.15, 0.2) is 0 Å². The summed E-state index contributed by atoms with van der Waals surface area (Å²) in [5, 5.41) is 13.9. The third-order valence-corrected chi connectivity index (χ3v) is 4.88. The van der Waals surface area contributed by atoms with Gasteiger partial charge in [0.05, 0.1) is 23.7 Å². The Morgan fingerprint density at radius 2 is 1.55 bits per heavy atom. The standard InChI is InChI=1S/C23H27NO5/c1-14(29-23(2,3)4)20(21(25)26)24-22(27)28-13-19-17-11-7-5-9-15(17)16-10-6-8-12-18(16)19/h5-12,14,19-20H,13H2,1-4H3,(H,24,27)(H,25,26)/p-1/t14-,20-/m0/s1. The summed E-state index contributed by atoms with van der Waals surface area (Å²) in [4.78, 5) is 23.8. The molecule has 3 rings (SSSR count). The normalized spacial score (nSPS) is 15.2. The van der Waals surface area contributed by atoms with E-state index in [1.165, 1.54) is 0 Å². The van der Waals surface area contributed by atoms with Crippen LogP contribution in [0.15, 0.2) is 48.5 Å². The molecule has 1 aliphatic rings. The number of carboxylic acid groups (broad SMARTS) is 1. The van der Waals surface area contributed by atoms with E-state index in [0.717, 1.165) is 22.3 Å². The van der Waals surface area contributed by atoms with E-state index in [2.05, 4.69) is 5.32 Å². The highest BCUT2D eigenvalue weighted by atomic mass is 16.6. The van der Waals surface area contributed by atoms with E-state index in [9.17, 15) is 14.7 Å². The van der Waals surface area contributed by atoms with Crippen molar-refractivity contribution in [1.29, 1.82) is 0 Å². The van der Waals surface area contributed by atoms with Crippen LogP contribution < -0.4 is 10.4 Å². The highest BCUT2D eigenvalue weighted by Crippen LogP contribution is 2.44. The number of nitrogens with one attached hydrogen (secondary N) is 1. The first-order chi connectivity index (χ1) is 13.7. The van der Waals surface area contributed by atoms with Crippen molar-refractivity contribution in [2.24, 2.45) is 0 Å². The molecule has 1 N–H and O–H groups in total. The molecular weight excluding hydrogens is 370 g/mol. The first kappa shape index (κ1) is 20.9. The molecule has 154 valence electrons. The van der Waals surface area contributed by atoms with Crippen LogP contribution in [0, 0.1) is 0 Å². The number of fused-ring (bicyclic) bond motifs is 3. The number of aliphatic carboxylic acids is 1. The molecule has 1 amide bonds. The van der Waals surface area contributed by atoms with Gasteiger partial charge in [0, 0.05) is 5.92 Å². The molecule has 6 nitrogen and oxygen atoms in total. The second-order valence-electron chi connectivity index (χ2n) is 8.20. The van der Waals surface area contributed by atoms with E-state index in [1.54, 1.807) is 6.92 Å². The SMILES string of the molecule is C[C@H](OC(C)(C)C)[C@H](NC(=O)OCC1c2ccccc2-c2ccccc21)C(=O)[O-]. The van der Waals surface area contributed by atoms with Crippen molar-refractivity contribution in [3.05, 3.63) is 59.7 Å². The lowest BCUT2D eigenvalue weighted by atomic mass is 9.98. The van der Waals surface area contributed by atoms with Crippen molar-refractivity contribution < 1.29 is 24.2 Å². The van der Waals surface area contributed by atoms with Gasteiger partial charge in [-0.1, -0.05) is 48.5 Å². The second kappa shape index (κ2) is 8.25. The summed E-state index contributed by atoms with van der Waals surface area (Å²) >= 11 is 0. The van der Waals surface area contributed by atoms with Crippen molar-refractivity contribution in [2.75, 3.05) is 6.61 Å². The van der Waals surface area contributed by atoms with E-state index in [0.29, 0.717) is 0 Å². The van der Waals surface area contributed by atoms with Gasteiger partial charge in [-0.15, -0.1) is 0 Å². The Morgan fingerprint density at radius 3 is 2.03 bits per heavy atom. The van der Waals surface area contributed by atoms with E-state index in [4.69, 9.17) is 9.47 Å². The zero-order valence-corrected chi connectivity index (χ0v) is 17.1. The van der Waals surface area contributed by atoms with Crippen molar-refractivity contribution in [2.45, 2.75) is 51.4 Å². The van der Waals surface area contributed by atoms with Crippen LogP contribution in [-0.4, -0.2) is 36.4 Å². The maximum absolute atomic E-state index is 12.3. The number of rotatable bonds is 6. The molecule has 1 aliphatic carbocycles. The molecule has 0 spiro atoms. The average molecular weight is 396 g/mol. The molecule has 0 heterocycles. The van der Waals surface area contributed by atoms with E-state index in [-0.39, 0.29) is 12.5 Å². The Morgan fingerprint density at radius 1 is 1.03 bits per heavy atom. The van der Waals surface area contributed by atoms with Crippen LogP contribution in [0.3, 0.4) is 0 Å². The number of carbonyl (C=O) groups excluding carboxylic acids is 2. The maximum atomic E-state index is 12.3. The highest BCUT2D eigenvalue weighted by Gasteiger charge is 2.30. The zero-order chi connectivity index (χ0) is 21.2. The molecular formula is C23H26NO5-. The molecule has 0 aromatic heterocycles. The molecule has 0 saturated heterocycles. The van der Waals surface area contributed by atoms with Gasteiger partial charge in [0.1, 0.15) is 6.61 Å². The minimum atomic E-state index is -1.42. The van der Waals surface area contributed by atoms with Gasteiger partial charge < -0.3 is 24.7 Å². The summed E-state index contributed by atoms with van der Waals surface area (Å²) in [6.07, 6.45) is -1.59. The Bertz CT molecular complexity index is 857. The predicted octanol–water partition coefficient (Wildman–Crippen LogP) is 2.85. The Hall–Kier alpha value is -2.86. The Labute approximate surface area is 170 Å². The molecule has 2 atom stereocenters. The van der Waals surface area contributed by atoms with Crippen LogP contribution in [0.1, 0.15) is 44.7 Å². The molecule has 0 bridgehead atoms. The summed E-state index contributed by atoms with van der Waals surface area (Å²) in [6.45, 7) is 7.11. The first-order valence-corrected chi connectivity index (χ1v) is 9.67. The second-order valence-corrected chi connectivity index (χ2v) is 8.20. The van der Waals surface area contributed by atoms with Crippen molar-refractivity contribution in [3.8, 4) is 11.1 Å². The molecule has 2 aromatic rings. The van der Waals surface area contributed by atoms with Crippen molar-refractivity contribution >= 4 is 12.1 Å². The van der Waals surface area contributed by atoms with E-state index >= 15 is 0 Å². The van der Waals surface area contributed by atoms with Gasteiger partial charge >= 0.3 is 6.09 Å². The third kappa shape index (κ3) is 4.77. The number of hydrogen-bond acceptors (Lipinski definition) is 5. The van der Waals surface area contributed by atoms with Gasteiger partial charge in [-0.25, -0.2) is 4.79 Å². The summed E-state index contributed by atoms with van der Waals surface area (Å²) in [5.41, 5.74) is 3.86. The number of carbonyl (C=O) groups is 2. The van der Waals surface area contributed by atoms with Gasteiger partial charge in [0.2, 0.25) is 0 Å². The average Bonchev–Trinajstić information content (AvgIpc) is 2.96. The molecule has 0 radical (unpaired) electrons. The number of amides is 1. The van der Waals surface area contributed by atoms with Crippen LogP contribution in [0.2, 0.25) is 0 Å². The summed E-state index contributed by atoms with van der Waals surface area (Å²) in [7, 11) is 0. The summed E-state index contributed by atoms with van der Waals surface area (Å²) in [6, 6.07) is 14.7. The fourth-order valence-corrected chi connectivity index (χ4v) is 3.76. The fourth-order valence-electron chi connectivity index (χ4n) is 3.76. The lowest BCUT2D eigenvalue weighted by Gasteiger charge is -2.31. The lowest BCUT2D eigenvalue weighted by molar-refractivity contribution is -0.311. The van der Waals surface area contributed by atoms with Gasteiger partial charge in [-0.05, 0) is 49.9 Å². The molecule has 2 aromatic carbocycles. The van der Waals surface area contributed by atoms with Crippen LogP contribution in [0.4, 0.5) is 4.79 Å². The monoisotopic (exact) mass is 396 g/mol. The fraction of sp³-hybridized carbons (Fsp3) is 0.391. The van der Waals surface area contributed by atoms with Crippen LogP contribution in [0.25, 0.3) is 11.1 Å². The number of benzene rings is 2. The number of alkyl carbamates (subject to hydrolysis) is 1. The minimum absolute atomic E-state index is 0.0993. The minimum Gasteiger partial charge on any atom is -0.548 e. The van der Waals surface area contributed by atoms with E-state index < -0.39 is 29.8 Å². The Kier molecular flexibility index (Phi) is 5.94. The Balaban J connectivity index is 1.68. The van der Waals surface area contributed by atoms with Gasteiger partial charge in [-0.3, -0.25) is 0 Å². The molecule has 0 fully saturated rings. The van der Waals surface area contributed by atoms with Gasteiger partial charge in [-0.2, -0.15) is 0 Å². The smallest absolute Gasteiger partial charge is 0.407 e. The van der Waals surface area contributed by atoms with Crippen LogP contribution in [0.5, 0.6) is 0 Å². The summed E-state index contributed by atoms with van der Waals surface area (Å²) in [5.74, 6) is -1.52. The first-order valence-electron chi connectivity index (χ1n) is 9.67. The predicted molar refractivity (Wildman–Crippen MR) is 107 cm³/mol. The molecule has 6 heteroatoms. The summed E-state index contributed by atoms with van der Waals surface area (Å²) < 4.78 is 11.0. The molecule has 0 aliphatic heterocycles. The van der Waals surface area contributed by atoms with Crippen LogP contribution in [-0.2, 0) is 14.3 Å². The maximum Gasteiger partial charge on any atom is 0.407 e.